The van der Waals surface area contributed by atoms with Crippen molar-refractivity contribution in [3.63, 3.8) is 0 Å². The van der Waals surface area contributed by atoms with E-state index in [4.69, 9.17) is 10.8 Å². The standard InChI is InChI=1S/C50H48N2/c51-29-31-7-5-13-37(23-31)45-27-47(39-17-15-33-9-1-3-11-35(33)25-39)43-21-19-42-46(38-14-6-8-32(24-38)30-52)28-48(44-22-20-41(45)49(43)50(42)44)40-18-16-34-10-2-4-12-36(34)26-40/h1-2,5-6,9-10,13-14,19-32,43-44,49-52H,3-4,7-8,11-12,15-18H2. The first-order valence-electron chi connectivity index (χ1n) is 19.9. The summed E-state index contributed by atoms with van der Waals surface area (Å²) in [6.07, 6.45) is 57.9. The molecule has 0 aromatic heterocycles. The average Bonchev–Trinajstić information content (AvgIpc) is 3.22. The van der Waals surface area contributed by atoms with Gasteiger partial charge in [0, 0.05) is 47.9 Å². The van der Waals surface area contributed by atoms with Gasteiger partial charge in [-0.05, 0) is 154 Å². The molecule has 10 aliphatic rings. The Morgan fingerprint density at radius 1 is 0.481 bits per heavy atom. The molecule has 2 heteroatoms. The van der Waals surface area contributed by atoms with Crippen LogP contribution in [-0.2, 0) is 0 Å². The summed E-state index contributed by atoms with van der Waals surface area (Å²) in [5, 5.41) is 16.3. The lowest BCUT2D eigenvalue weighted by Gasteiger charge is -2.50. The van der Waals surface area contributed by atoms with E-state index in [0.29, 0.717) is 23.7 Å². The van der Waals surface area contributed by atoms with Crippen molar-refractivity contribution in [1.29, 1.82) is 10.8 Å². The van der Waals surface area contributed by atoms with E-state index in [1.807, 2.05) is 0 Å². The molecule has 10 aliphatic carbocycles. The van der Waals surface area contributed by atoms with Gasteiger partial charge in [0.2, 0.25) is 0 Å². The van der Waals surface area contributed by atoms with Crippen molar-refractivity contribution in [2.24, 2.45) is 35.5 Å². The minimum Gasteiger partial charge on any atom is -0.312 e. The van der Waals surface area contributed by atoms with Crippen LogP contribution in [0, 0.1) is 46.3 Å². The summed E-state index contributed by atoms with van der Waals surface area (Å²) in [5.74, 6) is 1.62. The fourth-order valence-corrected chi connectivity index (χ4v) is 10.9. The summed E-state index contributed by atoms with van der Waals surface area (Å²) >= 11 is 0. The van der Waals surface area contributed by atoms with E-state index in [1.54, 1.807) is 23.6 Å². The molecular weight excluding hydrogens is 629 g/mol. The average molecular weight is 677 g/mol. The SMILES string of the molecule is N=CC1C=C(C2=C3C=CC4C(C5=CC6=C(C=CCC6)CC5)=CC(C5=CC(C=N)CC=C5)=C5C=CC(C(C6=CC7=C(C=CCC7)CC6)=C2)C3C54)C=CC1. The molecule has 0 aromatic rings. The Balaban J connectivity index is 1.18. The van der Waals surface area contributed by atoms with Crippen LogP contribution in [-0.4, -0.2) is 12.4 Å². The Bertz CT molecular complexity index is 2030. The van der Waals surface area contributed by atoms with Crippen LogP contribution >= 0.6 is 0 Å². The lowest BCUT2D eigenvalue weighted by molar-refractivity contribution is 0.305. The molecule has 6 atom stereocenters. The van der Waals surface area contributed by atoms with Gasteiger partial charge in [0.05, 0.1) is 0 Å². The number of rotatable bonds is 6. The fraction of sp³-hybridized carbons (Fsp3) is 0.320. The number of allylic oxidation sites excluding steroid dienone is 32. The second-order valence-electron chi connectivity index (χ2n) is 16.3. The van der Waals surface area contributed by atoms with Crippen molar-refractivity contribution in [2.75, 3.05) is 0 Å². The highest BCUT2D eigenvalue weighted by molar-refractivity contribution is 5.71. The molecule has 2 nitrogen and oxygen atoms in total. The Kier molecular flexibility index (Phi) is 7.96. The maximum Gasteiger partial charge on any atom is 0.0159 e. The minimum atomic E-state index is 0.148. The van der Waals surface area contributed by atoms with Gasteiger partial charge in [0.25, 0.3) is 0 Å². The highest BCUT2D eigenvalue weighted by Crippen LogP contribution is 2.59. The van der Waals surface area contributed by atoms with Gasteiger partial charge in [-0.1, -0.05) is 97.2 Å². The minimum absolute atomic E-state index is 0.148. The smallest absolute Gasteiger partial charge is 0.0159 e. The van der Waals surface area contributed by atoms with Gasteiger partial charge < -0.3 is 10.8 Å². The van der Waals surface area contributed by atoms with Crippen LogP contribution in [0.1, 0.15) is 64.2 Å². The van der Waals surface area contributed by atoms with Crippen molar-refractivity contribution < 1.29 is 0 Å². The summed E-state index contributed by atoms with van der Waals surface area (Å²) in [6, 6.07) is 0. The van der Waals surface area contributed by atoms with Gasteiger partial charge in [-0.2, -0.15) is 0 Å². The molecule has 0 heterocycles. The van der Waals surface area contributed by atoms with Crippen molar-refractivity contribution in [3.8, 4) is 0 Å². The first-order chi connectivity index (χ1) is 25.7. The monoisotopic (exact) mass is 676 g/mol. The van der Waals surface area contributed by atoms with Crippen molar-refractivity contribution in [2.45, 2.75) is 64.2 Å². The fourth-order valence-electron chi connectivity index (χ4n) is 10.9. The van der Waals surface area contributed by atoms with Gasteiger partial charge in [-0.25, -0.2) is 0 Å². The van der Waals surface area contributed by atoms with E-state index in [-0.39, 0.29) is 11.8 Å². The predicted octanol–water partition coefficient (Wildman–Crippen LogP) is 12.1. The zero-order chi connectivity index (χ0) is 34.8. The van der Waals surface area contributed by atoms with Gasteiger partial charge in [0.1, 0.15) is 0 Å². The van der Waals surface area contributed by atoms with E-state index in [0.717, 1.165) is 64.2 Å². The molecule has 0 bridgehead atoms. The normalized spacial score (nSPS) is 32.7. The van der Waals surface area contributed by atoms with Crippen LogP contribution in [0.15, 0.2) is 187 Å². The Hall–Kier alpha value is -4.82. The van der Waals surface area contributed by atoms with E-state index >= 15 is 0 Å². The van der Waals surface area contributed by atoms with Gasteiger partial charge in [-0.15, -0.1) is 0 Å². The van der Waals surface area contributed by atoms with Crippen LogP contribution in [0.3, 0.4) is 0 Å². The van der Waals surface area contributed by atoms with Crippen LogP contribution in [0.4, 0.5) is 0 Å². The topological polar surface area (TPSA) is 47.7 Å². The summed E-state index contributed by atoms with van der Waals surface area (Å²) in [7, 11) is 0. The number of nitrogens with one attached hydrogen (secondary N) is 2. The third kappa shape index (κ3) is 5.28. The zero-order valence-corrected chi connectivity index (χ0v) is 30.1. The summed E-state index contributed by atoms with van der Waals surface area (Å²) in [6.45, 7) is 0. The molecule has 2 N–H and O–H groups in total. The molecule has 0 aliphatic heterocycles. The molecule has 258 valence electrons. The van der Waals surface area contributed by atoms with Gasteiger partial charge >= 0.3 is 0 Å². The third-order valence-electron chi connectivity index (χ3n) is 13.4. The molecular formula is C50H48N2. The van der Waals surface area contributed by atoms with Crippen LogP contribution in [0.5, 0.6) is 0 Å². The lowest BCUT2D eigenvalue weighted by atomic mass is 9.53. The van der Waals surface area contributed by atoms with Crippen LogP contribution in [0.2, 0.25) is 0 Å². The van der Waals surface area contributed by atoms with E-state index in [9.17, 15) is 0 Å². The molecule has 10 rings (SSSR count). The van der Waals surface area contributed by atoms with E-state index in [2.05, 4.69) is 109 Å². The second kappa shape index (κ2) is 13.0. The Morgan fingerprint density at radius 2 is 0.962 bits per heavy atom. The lowest BCUT2D eigenvalue weighted by Crippen LogP contribution is -2.41. The zero-order valence-electron chi connectivity index (χ0n) is 30.1. The van der Waals surface area contributed by atoms with Gasteiger partial charge in [-0.3, -0.25) is 0 Å². The molecule has 0 spiro atoms. The third-order valence-corrected chi connectivity index (χ3v) is 13.4. The molecule has 52 heavy (non-hydrogen) atoms. The maximum atomic E-state index is 8.15. The summed E-state index contributed by atoms with van der Waals surface area (Å²) in [5.41, 5.74) is 20.5. The Labute approximate surface area is 309 Å². The molecule has 0 saturated heterocycles. The first kappa shape index (κ1) is 31.9. The molecule has 0 radical (unpaired) electrons. The largest absolute Gasteiger partial charge is 0.312 e. The van der Waals surface area contributed by atoms with Crippen LogP contribution in [0.25, 0.3) is 0 Å². The number of hydrogen-bond donors (Lipinski definition) is 2. The van der Waals surface area contributed by atoms with Crippen molar-refractivity contribution >= 4 is 12.4 Å². The molecule has 6 unspecified atom stereocenters. The van der Waals surface area contributed by atoms with E-state index < -0.39 is 0 Å². The quantitative estimate of drug-likeness (QED) is 0.263. The maximum absolute atomic E-state index is 8.15. The van der Waals surface area contributed by atoms with Crippen molar-refractivity contribution in [3.05, 3.63) is 187 Å². The predicted molar refractivity (Wildman–Crippen MR) is 216 cm³/mol. The second-order valence-corrected chi connectivity index (χ2v) is 16.3. The molecule has 0 saturated carbocycles. The highest BCUT2D eigenvalue weighted by atomic mass is 14.5. The van der Waals surface area contributed by atoms with Crippen molar-refractivity contribution in [1.82, 2.24) is 0 Å². The van der Waals surface area contributed by atoms with E-state index in [1.165, 1.54) is 66.9 Å². The van der Waals surface area contributed by atoms with Crippen LogP contribution < -0.4 is 0 Å². The highest BCUT2D eigenvalue weighted by Gasteiger charge is 2.49. The van der Waals surface area contributed by atoms with Gasteiger partial charge in [0.15, 0.2) is 0 Å². The first-order valence-corrected chi connectivity index (χ1v) is 19.9. The molecule has 0 amide bonds. The summed E-state index contributed by atoms with van der Waals surface area (Å²) < 4.78 is 0. The summed E-state index contributed by atoms with van der Waals surface area (Å²) in [4.78, 5) is 0. The Morgan fingerprint density at radius 3 is 1.42 bits per heavy atom. The number of hydrogen-bond acceptors (Lipinski definition) is 2. The molecule has 0 aromatic carbocycles. The molecule has 0 fully saturated rings.